The largest absolute Gasteiger partial charge is 0.331 e. The zero-order valence-electron chi connectivity index (χ0n) is 14.5. The molecule has 1 aliphatic heterocycles. The van der Waals surface area contributed by atoms with Crippen LogP contribution in [0.1, 0.15) is 40.5 Å². The van der Waals surface area contributed by atoms with Gasteiger partial charge in [0, 0.05) is 42.8 Å². The van der Waals surface area contributed by atoms with Crippen molar-refractivity contribution in [3.63, 3.8) is 0 Å². The van der Waals surface area contributed by atoms with E-state index in [1.54, 1.807) is 10.9 Å². The fraction of sp³-hybridized carbons (Fsp3) is 0.316. The van der Waals surface area contributed by atoms with E-state index in [4.69, 9.17) is 0 Å². The number of carbonyl (C=O) groups excluding carboxylic acids is 1. The van der Waals surface area contributed by atoms with Crippen molar-refractivity contribution in [2.45, 2.75) is 25.8 Å². The topological polar surface area (TPSA) is 56.0 Å². The van der Waals surface area contributed by atoms with E-state index >= 15 is 0 Å². The third kappa shape index (κ3) is 2.84. The van der Waals surface area contributed by atoms with E-state index in [2.05, 4.69) is 10.2 Å². The SMILES string of the molecule is Cc1ccnn1-c1ccc(C(=O)N2CCC[C@H]2c2cnn(C)c2)cc1. The van der Waals surface area contributed by atoms with Gasteiger partial charge in [0.05, 0.1) is 17.9 Å². The molecule has 1 saturated heterocycles. The van der Waals surface area contributed by atoms with Crippen molar-refractivity contribution in [1.29, 1.82) is 0 Å². The smallest absolute Gasteiger partial charge is 0.254 e. The Kier molecular flexibility index (Phi) is 3.87. The molecule has 128 valence electrons. The molecule has 0 aliphatic carbocycles. The Balaban J connectivity index is 1.57. The lowest BCUT2D eigenvalue weighted by Crippen LogP contribution is -2.30. The van der Waals surface area contributed by atoms with Crippen molar-refractivity contribution in [1.82, 2.24) is 24.5 Å². The number of aromatic nitrogens is 4. The molecule has 3 aromatic rings. The lowest BCUT2D eigenvalue weighted by molar-refractivity contribution is 0.0735. The van der Waals surface area contributed by atoms with Gasteiger partial charge in [-0.2, -0.15) is 10.2 Å². The highest BCUT2D eigenvalue weighted by molar-refractivity contribution is 5.94. The van der Waals surface area contributed by atoms with Crippen LogP contribution in [0, 0.1) is 6.92 Å². The maximum Gasteiger partial charge on any atom is 0.254 e. The van der Waals surface area contributed by atoms with E-state index < -0.39 is 0 Å². The van der Waals surface area contributed by atoms with Crippen LogP contribution in [0.25, 0.3) is 5.69 Å². The molecule has 1 aliphatic rings. The molecule has 4 rings (SSSR count). The molecule has 6 heteroatoms. The minimum atomic E-state index is 0.0788. The number of rotatable bonds is 3. The van der Waals surface area contributed by atoms with Gasteiger partial charge in [0.15, 0.2) is 0 Å². The van der Waals surface area contributed by atoms with Gasteiger partial charge in [-0.15, -0.1) is 0 Å². The molecule has 1 amide bonds. The highest BCUT2D eigenvalue weighted by atomic mass is 16.2. The average Bonchev–Trinajstić information content (AvgIpc) is 3.34. The van der Waals surface area contributed by atoms with Gasteiger partial charge in [-0.3, -0.25) is 9.48 Å². The molecule has 0 radical (unpaired) electrons. The minimum Gasteiger partial charge on any atom is -0.331 e. The van der Waals surface area contributed by atoms with Crippen LogP contribution in [-0.4, -0.2) is 36.9 Å². The van der Waals surface area contributed by atoms with Gasteiger partial charge in [0.2, 0.25) is 0 Å². The molecule has 2 aromatic heterocycles. The van der Waals surface area contributed by atoms with Crippen LogP contribution < -0.4 is 0 Å². The van der Waals surface area contributed by atoms with Crippen molar-refractivity contribution in [2.75, 3.05) is 6.54 Å². The molecular weight excluding hydrogens is 314 g/mol. The van der Waals surface area contributed by atoms with Crippen LogP contribution in [0.2, 0.25) is 0 Å². The number of amides is 1. The third-order valence-electron chi connectivity index (χ3n) is 4.81. The van der Waals surface area contributed by atoms with Crippen LogP contribution in [-0.2, 0) is 7.05 Å². The van der Waals surface area contributed by atoms with E-state index in [9.17, 15) is 4.79 Å². The number of aryl methyl sites for hydroxylation is 2. The Morgan fingerprint density at radius 2 is 1.96 bits per heavy atom. The molecule has 25 heavy (non-hydrogen) atoms. The van der Waals surface area contributed by atoms with Crippen LogP contribution in [0.15, 0.2) is 48.9 Å². The normalized spacial score (nSPS) is 17.2. The first-order chi connectivity index (χ1) is 12.1. The van der Waals surface area contributed by atoms with Gasteiger partial charge in [-0.05, 0) is 50.1 Å². The summed E-state index contributed by atoms with van der Waals surface area (Å²) in [5.41, 5.74) is 3.85. The Morgan fingerprint density at radius 1 is 1.16 bits per heavy atom. The number of hydrogen-bond donors (Lipinski definition) is 0. The van der Waals surface area contributed by atoms with Crippen molar-refractivity contribution in [3.8, 4) is 5.69 Å². The second-order valence-electron chi connectivity index (χ2n) is 6.54. The molecular formula is C19H21N5O. The first-order valence-electron chi connectivity index (χ1n) is 8.54. The van der Waals surface area contributed by atoms with E-state index in [1.165, 1.54) is 0 Å². The van der Waals surface area contributed by atoms with Crippen molar-refractivity contribution < 1.29 is 4.79 Å². The third-order valence-corrected chi connectivity index (χ3v) is 4.81. The van der Waals surface area contributed by atoms with Crippen LogP contribution in [0.4, 0.5) is 0 Å². The quantitative estimate of drug-likeness (QED) is 0.739. The first kappa shape index (κ1) is 15.6. The lowest BCUT2D eigenvalue weighted by Gasteiger charge is -2.24. The lowest BCUT2D eigenvalue weighted by atomic mass is 10.1. The zero-order valence-corrected chi connectivity index (χ0v) is 14.5. The van der Waals surface area contributed by atoms with E-state index in [0.29, 0.717) is 5.56 Å². The predicted molar refractivity (Wildman–Crippen MR) is 94.5 cm³/mol. The fourth-order valence-electron chi connectivity index (χ4n) is 3.52. The van der Waals surface area contributed by atoms with Crippen molar-refractivity contribution in [2.24, 2.45) is 7.05 Å². The second-order valence-corrected chi connectivity index (χ2v) is 6.54. The molecule has 6 nitrogen and oxygen atoms in total. The molecule has 0 N–H and O–H groups in total. The Hall–Kier alpha value is -2.89. The summed E-state index contributed by atoms with van der Waals surface area (Å²) in [6.07, 6.45) is 7.65. The van der Waals surface area contributed by atoms with Gasteiger partial charge in [-0.25, -0.2) is 4.68 Å². The van der Waals surface area contributed by atoms with E-state index in [0.717, 1.165) is 36.3 Å². The molecule has 0 unspecified atom stereocenters. The van der Waals surface area contributed by atoms with Gasteiger partial charge in [0.25, 0.3) is 5.91 Å². The number of likely N-dealkylation sites (tertiary alicyclic amines) is 1. The first-order valence-corrected chi connectivity index (χ1v) is 8.54. The summed E-state index contributed by atoms with van der Waals surface area (Å²) in [6.45, 7) is 2.80. The molecule has 0 spiro atoms. The maximum absolute atomic E-state index is 13.0. The molecule has 0 saturated carbocycles. The van der Waals surface area contributed by atoms with Crippen molar-refractivity contribution >= 4 is 5.91 Å². The number of carbonyl (C=O) groups is 1. The molecule has 3 heterocycles. The van der Waals surface area contributed by atoms with E-state index in [-0.39, 0.29) is 11.9 Å². The summed E-state index contributed by atoms with van der Waals surface area (Å²) in [6, 6.07) is 9.75. The maximum atomic E-state index is 13.0. The Bertz CT molecular complexity index is 893. The standard InChI is InChI=1S/C19H21N5O/c1-14-9-10-20-24(14)17-7-5-15(6-8-17)19(25)23-11-3-4-18(23)16-12-21-22(2)13-16/h5-10,12-13,18H,3-4,11H2,1-2H3/t18-/m0/s1. The molecule has 1 atom stereocenters. The summed E-state index contributed by atoms with van der Waals surface area (Å²) in [5, 5.41) is 8.55. The summed E-state index contributed by atoms with van der Waals surface area (Å²) >= 11 is 0. The van der Waals surface area contributed by atoms with Crippen LogP contribution in [0.3, 0.4) is 0 Å². The number of nitrogens with zero attached hydrogens (tertiary/aromatic N) is 5. The van der Waals surface area contributed by atoms with Crippen LogP contribution in [0.5, 0.6) is 0 Å². The summed E-state index contributed by atoms with van der Waals surface area (Å²) in [7, 11) is 1.90. The van der Waals surface area contributed by atoms with E-state index in [1.807, 2.05) is 66.3 Å². The Morgan fingerprint density at radius 3 is 2.60 bits per heavy atom. The summed E-state index contributed by atoms with van der Waals surface area (Å²) in [4.78, 5) is 14.9. The molecule has 1 fully saturated rings. The molecule has 0 bridgehead atoms. The van der Waals surface area contributed by atoms with Gasteiger partial charge >= 0.3 is 0 Å². The minimum absolute atomic E-state index is 0.0788. The molecule has 1 aromatic carbocycles. The monoisotopic (exact) mass is 335 g/mol. The average molecular weight is 335 g/mol. The summed E-state index contributed by atoms with van der Waals surface area (Å²) in [5.74, 6) is 0.0788. The highest BCUT2D eigenvalue weighted by Crippen LogP contribution is 2.32. The summed E-state index contributed by atoms with van der Waals surface area (Å²) < 4.78 is 3.65. The Labute approximate surface area is 146 Å². The van der Waals surface area contributed by atoms with Gasteiger partial charge in [-0.1, -0.05) is 0 Å². The predicted octanol–water partition coefficient (Wildman–Crippen LogP) is 2.89. The van der Waals surface area contributed by atoms with Gasteiger partial charge in [0.1, 0.15) is 0 Å². The highest BCUT2D eigenvalue weighted by Gasteiger charge is 2.31. The van der Waals surface area contributed by atoms with Gasteiger partial charge < -0.3 is 4.90 Å². The van der Waals surface area contributed by atoms with Crippen molar-refractivity contribution in [3.05, 3.63) is 65.7 Å². The number of benzene rings is 1. The van der Waals surface area contributed by atoms with Crippen LogP contribution >= 0.6 is 0 Å². The fourth-order valence-corrected chi connectivity index (χ4v) is 3.52. The second kappa shape index (κ2) is 6.20. The number of hydrogen-bond acceptors (Lipinski definition) is 3. The zero-order chi connectivity index (χ0) is 17.4.